The minimum absolute atomic E-state index is 0.0388. The largest absolute Gasteiger partial charge is 0.613 e. The first-order valence-corrected chi connectivity index (χ1v) is 8.61. The van der Waals surface area contributed by atoms with Crippen molar-refractivity contribution >= 4 is 7.82 Å². The highest BCUT2D eigenvalue weighted by molar-refractivity contribution is 7.46. The summed E-state index contributed by atoms with van der Waals surface area (Å²) in [5.41, 5.74) is 0.507. The summed E-state index contributed by atoms with van der Waals surface area (Å²) in [5.74, 6) is 3.92. The molecular formula is C12H24N3O7P. The van der Waals surface area contributed by atoms with E-state index in [2.05, 4.69) is 9.84 Å². The second-order valence-electron chi connectivity index (χ2n) is 5.34. The molecule has 0 bridgehead atoms. The Balaban J connectivity index is 2.82. The van der Waals surface area contributed by atoms with Crippen LogP contribution in [-0.2, 0) is 9.09 Å². The Labute approximate surface area is 134 Å². The van der Waals surface area contributed by atoms with Gasteiger partial charge >= 0.3 is 7.82 Å². The highest BCUT2D eigenvalue weighted by Gasteiger charge is 2.43. The van der Waals surface area contributed by atoms with Gasteiger partial charge in [0.1, 0.15) is 6.54 Å². The first-order valence-electron chi connectivity index (χ1n) is 7.08. The number of rotatable bonds is 8. The highest BCUT2D eigenvalue weighted by atomic mass is 31.2. The van der Waals surface area contributed by atoms with Crippen LogP contribution in [0.2, 0.25) is 0 Å². The SMILES string of the molecule is C/C=C\N/C(=C\C[NH+](N)[O-])C1CC(COP(=O)(O)O)C(O)C1O. The lowest BCUT2D eigenvalue weighted by atomic mass is 10.00. The van der Waals surface area contributed by atoms with Crippen LogP contribution in [0.15, 0.2) is 24.0 Å². The van der Waals surface area contributed by atoms with E-state index in [-0.39, 0.29) is 19.6 Å². The third-order valence-electron chi connectivity index (χ3n) is 3.60. The van der Waals surface area contributed by atoms with Gasteiger partial charge in [-0.3, -0.25) is 9.70 Å². The second kappa shape index (κ2) is 8.88. The Hall–Kier alpha value is -0.810. The van der Waals surface area contributed by atoms with Crippen molar-refractivity contribution in [3.05, 3.63) is 29.3 Å². The summed E-state index contributed by atoms with van der Waals surface area (Å²) < 4.78 is 15.2. The van der Waals surface area contributed by atoms with Crippen LogP contribution in [0.4, 0.5) is 0 Å². The van der Waals surface area contributed by atoms with Gasteiger partial charge in [-0.25, -0.2) is 4.57 Å². The maximum Gasteiger partial charge on any atom is 0.469 e. The standard InChI is InChI=1S/C12H24N3O7P/c1-2-4-14-10(3-5-15(13)18)9-6-8(11(16)12(9)17)7-22-23(19,20)21/h2-4,8-9,11-12,14-17H,5-7,13H2,1H3,(H2,19,20,21)/b4-2-,10-3-. The van der Waals surface area contributed by atoms with E-state index in [4.69, 9.17) is 15.6 Å². The topological polar surface area (TPSA) is 173 Å². The van der Waals surface area contributed by atoms with Crippen molar-refractivity contribution in [3.63, 3.8) is 0 Å². The van der Waals surface area contributed by atoms with Gasteiger partial charge in [0.05, 0.1) is 18.8 Å². The number of quaternary nitrogens is 1. The maximum absolute atomic E-state index is 10.9. The van der Waals surface area contributed by atoms with Crippen LogP contribution in [0.25, 0.3) is 0 Å². The van der Waals surface area contributed by atoms with E-state index in [1.807, 2.05) is 0 Å². The van der Waals surface area contributed by atoms with Gasteiger partial charge < -0.3 is 30.5 Å². The minimum atomic E-state index is -4.65. The van der Waals surface area contributed by atoms with E-state index in [0.717, 1.165) is 0 Å². The molecule has 5 atom stereocenters. The molecule has 1 rings (SSSR count). The normalized spacial score (nSPS) is 30.8. The van der Waals surface area contributed by atoms with Gasteiger partial charge in [0.25, 0.3) is 0 Å². The molecule has 1 fully saturated rings. The summed E-state index contributed by atoms with van der Waals surface area (Å²) in [4.78, 5) is 17.5. The van der Waals surface area contributed by atoms with E-state index >= 15 is 0 Å². The molecule has 0 saturated heterocycles. The molecule has 0 amide bonds. The zero-order chi connectivity index (χ0) is 17.6. The van der Waals surface area contributed by atoms with Crippen molar-refractivity contribution in [2.24, 2.45) is 17.7 Å². The Morgan fingerprint density at radius 3 is 2.65 bits per heavy atom. The molecule has 0 heterocycles. The molecule has 0 radical (unpaired) electrons. The molecule has 134 valence electrons. The predicted molar refractivity (Wildman–Crippen MR) is 81.0 cm³/mol. The molecule has 10 nitrogen and oxygen atoms in total. The number of hydrogen-bond acceptors (Lipinski definition) is 7. The molecule has 1 aliphatic carbocycles. The minimum Gasteiger partial charge on any atom is -0.613 e. The summed E-state index contributed by atoms with van der Waals surface area (Å²) in [7, 11) is -4.65. The summed E-state index contributed by atoms with van der Waals surface area (Å²) in [6.45, 7) is 1.35. The molecule has 0 aromatic heterocycles. The molecular weight excluding hydrogens is 329 g/mol. The number of phosphoric acid groups is 1. The molecule has 8 N–H and O–H groups in total. The Morgan fingerprint density at radius 1 is 1.48 bits per heavy atom. The molecule has 1 aliphatic rings. The quantitative estimate of drug-likeness (QED) is 0.144. The third-order valence-corrected chi connectivity index (χ3v) is 4.08. The number of aliphatic hydroxyl groups excluding tert-OH is 2. The van der Waals surface area contributed by atoms with E-state index in [9.17, 15) is 20.0 Å². The van der Waals surface area contributed by atoms with Crippen LogP contribution in [0.1, 0.15) is 13.3 Å². The number of phosphoric ester groups is 1. The fourth-order valence-corrected chi connectivity index (χ4v) is 2.89. The van der Waals surface area contributed by atoms with Gasteiger partial charge in [-0.1, -0.05) is 6.08 Å². The number of hydrogen-bond donors (Lipinski definition) is 7. The highest BCUT2D eigenvalue weighted by Crippen LogP contribution is 2.41. The average Bonchev–Trinajstić information content (AvgIpc) is 2.72. The maximum atomic E-state index is 10.9. The Kier molecular flexibility index (Phi) is 7.81. The molecule has 23 heavy (non-hydrogen) atoms. The Bertz CT molecular complexity index is 479. The van der Waals surface area contributed by atoms with Crippen molar-refractivity contribution < 1.29 is 34.3 Å². The van der Waals surface area contributed by atoms with Crippen LogP contribution in [0.5, 0.6) is 0 Å². The van der Waals surface area contributed by atoms with E-state index in [0.29, 0.717) is 5.70 Å². The summed E-state index contributed by atoms with van der Waals surface area (Å²) >= 11 is 0. The number of nitrogens with one attached hydrogen (secondary N) is 2. The number of hydroxylamine groups is 1. The molecule has 11 heteroatoms. The number of nitrogens with two attached hydrogens (primary N) is 1. The molecule has 5 unspecified atom stereocenters. The molecule has 0 aliphatic heterocycles. The van der Waals surface area contributed by atoms with Crippen molar-refractivity contribution in [3.8, 4) is 0 Å². The number of allylic oxidation sites excluding steroid dienone is 1. The van der Waals surface area contributed by atoms with E-state index in [1.165, 1.54) is 6.08 Å². The number of aliphatic hydroxyl groups is 2. The van der Waals surface area contributed by atoms with Gasteiger partial charge in [0, 0.05) is 17.5 Å². The van der Waals surface area contributed by atoms with Gasteiger partial charge in [-0.2, -0.15) is 5.84 Å². The lowest BCUT2D eigenvalue weighted by Crippen LogP contribution is -3.13. The second-order valence-corrected chi connectivity index (χ2v) is 6.58. The molecule has 0 aromatic rings. The smallest absolute Gasteiger partial charge is 0.469 e. The lowest BCUT2D eigenvalue weighted by molar-refractivity contribution is -0.854. The van der Waals surface area contributed by atoms with Crippen molar-refractivity contribution in [1.29, 1.82) is 0 Å². The van der Waals surface area contributed by atoms with Gasteiger partial charge in [-0.15, -0.1) is 0 Å². The van der Waals surface area contributed by atoms with Crippen LogP contribution in [0, 0.1) is 17.0 Å². The average molecular weight is 353 g/mol. The molecule has 1 saturated carbocycles. The van der Waals surface area contributed by atoms with E-state index in [1.54, 1.807) is 19.2 Å². The first kappa shape index (κ1) is 20.2. The third kappa shape index (κ3) is 6.68. The predicted octanol–water partition coefficient (Wildman–Crippen LogP) is -2.28. The summed E-state index contributed by atoms with van der Waals surface area (Å²) in [5, 5.41) is 33.5. The van der Waals surface area contributed by atoms with Crippen LogP contribution < -0.4 is 16.3 Å². The molecule has 0 aromatic carbocycles. The van der Waals surface area contributed by atoms with Gasteiger partial charge in [0.15, 0.2) is 0 Å². The Morgan fingerprint density at radius 2 is 2.13 bits per heavy atom. The summed E-state index contributed by atoms with van der Waals surface area (Å²) in [6, 6.07) is 0. The zero-order valence-corrected chi connectivity index (χ0v) is 13.6. The zero-order valence-electron chi connectivity index (χ0n) is 12.7. The van der Waals surface area contributed by atoms with Crippen molar-refractivity contribution in [2.75, 3.05) is 13.2 Å². The monoisotopic (exact) mass is 353 g/mol. The molecule has 0 spiro atoms. The van der Waals surface area contributed by atoms with Gasteiger partial charge in [-0.05, 0) is 25.6 Å². The van der Waals surface area contributed by atoms with E-state index < -0.39 is 37.0 Å². The fraction of sp³-hybridized carbons (Fsp3) is 0.667. The first-order chi connectivity index (χ1) is 10.7. The van der Waals surface area contributed by atoms with Gasteiger partial charge in [0.2, 0.25) is 0 Å². The summed E-state index contributed by atoms with van der Waals surface area (Å²) in [6.07, 6.45) is 2.72. The van der Waals surface area contributed by atoms with Crippen LogP contribution in [0.3, 0.4) is 0 Å². The van der Waals surface area contributed by atoms with Crippen LogP contribution >= 0.6 is 7.82 Å². The lowest BCUT2D eigenvalue weighted by Gasteiger charge is -2.21. The van der Waals surface area contributed by atoms with Crippen molar-refractivity contribution in [1.82, 2.24) is 5.32 Å². The van der Waals surface area contributed by atoms with Crippen molar-refractivity contribution in [2.45, 2.75) is 25.6 Å². The van der Waals surface area contributed by atoms with Crippen LogP contribution in [-0.4, -0.2) is 45.4 Å². The fourth-order valence-electron chi connectivity index (χ4n) is 2.50.